The van der Waals surface area contributed by atoms with Gasteiger partial charge in [-0.1, -0.05) is 41.4 Å². The Kier molecular flexibility index (Phi) is 9.40. The number of aromatic amines is 1. The number of para-hydroxylation sites is 1. The molecule has 1 aliphatic rings. The summed E-state index contributed by atoms with van der Waals surface area (Å²) in [6, 6.07) is 8.77. The number of rotatable bonds is 10. The van der Waals surface area contributed by atoms with Gasteiger partial charge in [-0.05, 0) is 44.7 Å². The minimum atomic E-state index is -3.43. The molecule has 0 amide bonds. The first-order chi connectivity index (χ1) is 16.8. The summed E-state index contributed by atoms with van der Waals surface area (Å²) < 4.78 is 21.7. The van der Waals surface area contributed by atoms with Gasteiger partial charge in [0.15, 0.2) is 10.6 Å². The molecule has 36 heavy (non-hydrogen) atoms. The molecule has 0 spiro atoms. The van der Waals surface area contributed by atoms with Crippen LogP contribution in [0.25, 0.3) is 0 Å². The molecule has 1 unspecified atom stereocenters. The molecule has 0 radical (unpaired) electrons. The smallest absolute Gasteiger partial charge is 0.330 e. The molecule has 5 atom stereocenters. The lowest BCUT2D eigenvalue weighted by atomic mass is 10.2. The Morgan fingerprint density at radius 2 is 1.94 bits per heavy atom. The number of alkyl halides is 2. The number of carbonyl (C=O) groups is 1. The Bertz CT molecular complexity index is 1230. The van der Waals surface area contributed by atoms with Crippen LogP contribution in [0.2, 0.25) is 0 Å². The van der Waals surface area contributed by atoms with Gasteiger partial charge in [0.25, 0.3) is 5.56 Å². The van der Waals surface area contributed by atoms with E-state index in [-0.39, 0.29) is 12.7 Å². The highest BCUT2D eigenvalue weighted by atomic mass is 35.5. The standard InChI is InChI=1S/C21H26Cl2N3O8PS/c1-12(2)32-18(29)13(3)25-35(36,34-14-7-5-4-6-8-14)31-11-15-17(28)21(22,23)19(33-15)26-10-9-16(27)24-20(26)30/h4-10,12-13,15,17,19,28H,11H2,1-3H3,(H,25,36)(H,24,27,30)/t13-,15+,17+,19+,35?/m0/s1. The highest BCUT2D eigenvalue weighted by Gasteiger charge is 2.56. The van der Waals surface area contributed by atoms with E-state index < -0.39 is 52.7 Å². The van der Waals surface area contributed by atoms with Gasteiger partial charge in [0.2, 0.25) is 0 Å². The van der Waals surface area contributed by atoms with Crippen LogP contribution < -0.4 is 20.9 Å². The first-order valence-corrected chi connectivity index (χ1v) is 14.2. The molecule has 1 saturated heterocycles. The quantitative estimate of drug-likeness (QED) is 0.217. The SMILES string of the molecule is CC(C)OC(=O)[C@H](C)NP(=S)(OC[C@H]1O[C@@H](n2ccc(=O)[nH]c2=O)C(Cl)(Cl)[C@@H]1O)Oc1ccccc1. The van der Waals surface area contributed by atoms with Crippen molar-refractivity contribution in [1.29, 1.82) is 0 Å². The first-order valence-electron chi connectivity index (χ1n) is 10.8. The molecule has 0 saturated carbocycles. The van der Waals surface area contributed by atoms with E-state index in [0.29, 0.717) is 5.75 Å². The minimum absolute atomic E-state index is 0.341. The van der Waals surface area contributed by atoms with Crippen molar-refractivity contribution in [3.8, 4) is 5.75 Å². The van der Waals surface area contributed by atoms with Crippen LogP contribution in [0.15, 0.2) is 52.2 Å². The highest BCUT2D eigenvalue weighted by molar-refractivity contribution is 8.09. The van der Waals surface area contributed by atoms with E-state index in [1.807, 2.05) is 0 Å². The van der Waals surface area contributed by atoms with Crippen LogP contribution in [-0.4, -0.2) is 55.9 Å². The molecule has 3 rings (SSSR count). The lowest BCUT2D eigenvalue weighted by Gasteiger charge is -2.28. The Morgan fingerprint density at radius 3 is 2.56 bits per heavy atom. The number of hydrogen-bond donors (Lipinski definition) is 3. The van der Waals surface area contributed by atoms with E-state index >= 15 is 0 Å². The zero-order valence-corrected chi connectivity index (χ0v) is 22.7. The van der Waals surface area contributed by atoms with Gasteiger partial charge in [-0.2, -0.15) is 0 Å². The fourth-order valence-electron chi connectivity index (χ4n) is 3.22. The number of ether oxygens (including phenoxy) is 2. The zero-order valence-electron chi connectivity index (χ0n) is 19.5. The molecule has 1 aromatic carbocycles. The largest absolute Gasteiger partial charge is 0.462 e. The van der Waals surface area contributed by atoms with Gasteiger partial charge in [0.1, 0.15) is 24.0 Å². The van der Waals surface area contributed by atoms with Crippen molar-refractivity contribution in [3.63, 3.8) is 0 Å². The van der Waals surface area contributed by atoms with E-state index in [0.717, 1.165) is 16.8 Å². The Balaban J connectivity index is 1.80. The van der Waals surface area contributed by atoms with E-state index in [2.05, 4.69) is 10.1 Å². The monoisotopic (exact) mass is 581 g/mol. The third-order valence-electron chi connectivity index (χ3n) is 4.92. The van der Waals surface area contributed by atoms with E-state index in [1.54, 1.807) is 51.1 Å². The fraction of sp³-hybridized carbons (Fsp3) is 0.476. The van der Waals surface area contributed by atoms with Gasteiger partial charge in [0.05, 0.1) is 12.7 Å². The topological polar surface area (TPSA) is 141 Å². The molecule has 0 aliphatic carbocycles. The molecular formula is C21H26Cl2N3O8PS. The summed E-state index contributed by atoms with van der Waals surface area (Å²) in [4.78, 5) is 38.0. The first kappa shape index (κ1) is 28.8. The van der Waals surface area contributed by atoms with Gasteiger partial charge in [-0.3, -0.25) is 19.1 Å². The number of nitrogens with zero attached hydrogens (tertiary/aromatic N) is 1. The lowest BCUT2D eigenvalue weighted by molar-refractivity contribution is -0.149. The van der Waals surface area contributed by atoms with Crippen LogP contribution in [0.4, 0.5) is 0 Å². The summed E-state index contributed by atoms with van der Waals surface area (Å²) in [6.07, 6.45) is -3.22. The molecule has 2 aromatic rings. The molecule has 3 N–H and O–H groups in total. The number of aliphatic hydroxyl groups is 1. The summed E-state index contributed by atoms with van der Waals surface area (Å²) in [6.45, 7) is 1.18. The van der Waals surface area contributed by atoms with Crippen LogP contribution in [0.1, 0.15) is 27.0 Å². The maximum atomic E-state index is 12.4. The normalized spacial score (nSPS) is 23.7. The molecular weight excluding hydrogens is 556 g/mol. The second kappa shape index (κ2) is 11.7. The van der Waals surface area contributed by atoms with Crippen molar-refractivity contribution in [2.75, 3.05) is 6.61 Å². The van der Waals surface area contributed by atoms with Crippen molar-refractivity contribution in [3.05, 3.63) is 63.4 Å². The van der Waals surface area contributed by atoms with Crippen LogP contribution in [0, 0.1) is 0 Å². The Hall–Kier alpha value is -1.76. The summed E-state index contributed by atoms with van der Waals surface area (Å²) in [5, 5.41) is 13.6. The average Bonchev–Trinajstić information content (AvgIpc) is 3.01. The molecule has 1 aliphatic heterocycles. The van der Waals surface area contributed by atoms with E-state index in [1.165, 1.54) is 0 Å². The maximum absolute atomic E-state index is 12.4. The molecule has 11 nitrogen and oxygen atoms in total. The van der Waals surface area contributed by atoms with Crippen molar-refractivity contribution in [2.24, 2.45) is 0 Å². The minimum Gasteiger partial charge on any atom is -0.462 e. The summed E-state index contributed by atoms with van der Waals surface area (Å²) in [5.41, 5.74) is -1.46. The van der Waals surface area contributed by atoms with Gasteiger partial charge in [0, 0.05) is 12.3 Å². The Labute approximate surface area is 221 Å². The average molecular weight is 582 g/mol. The van der Waals surface area contributed by atoms with Gasteiger partial charge in [-0.25, -0.2) is 9.88 Å². The summed E-state index contributed by atoms with van der Waals surface area (Å²) in [5.74, 6) is -0.179. The Morgan fingerprint density at radius 1 is 1.28 bits per heavy atom. The summed E-state index contributed by atoms with van der Waals surface area (Å²) in [7, 11) is 0. The molecule has 198 valence electrons. The lowest BCUT2D eigenvalue weighted by Crippen LogP contribution is -2.41. The summed E-state index contributed by atoms with van der Waals surface area (Å²) >= 11 is 18.3. The number of carbonyl (C=O) groups excluding carboxylic acids is 1. The van der Waals surface area contributed by atoms with Gasteiger partial charge in [-0.15, -0.1) is 0 Å². The molecule has 15 heteroatoms. The molecule has 1 fully saturated rings. The molecule has 1 aromatic heterocycles. The van der Waals surface area contributed by atoms with Crippen LogP contribution in [0.5, 0.6) is 5.75 Å². The number of halogens is 2. The van der Waals surface area contributed by atoms with Crippen molar-refractivity contribution in [2.45, 2.75) is 55.7 Å². The molecule has 2 heterocycles. The van der Waals surface area contributed by atoms with Crippen LogP contribution in [-0.2, 0) is 30.6 Å². The molecule has 0 bridgehead atoms. The predicted octanol–water partition coefficient (Wildman–Crippen LogP) is 2.22. The number of aromatic nitrogens is 2. The zero-order chi connectivity index (χ0) is 26.7. The maximum Gasteiger partial charge on any atom is 0.330 e. The van der Waals surface area contributed by atoms with Crippen LogP contribution in [0.3, 0.4) is 0 Å². The number of esters is 1. The number of hydrogen-bond acceptors (Lipinski definition) is 9. The second-order valence-corrected chi connectivity index (χ2v) is 12.8. The predicted molar refractivity (Wildman–Crippen MR) is 137 cm³/mol. The number of nitrogens with one attached hydrogen (secondary N) is 2. The number of aliphatic hydroxyl groups excluding tert-OH is 1. The second-order valence-electron chi connectivity index (χ2n) is 8.20. The third kappa shape index (κ3) is 6.96. The van der Waals surface area contributed by atoms with Crippen molar-refractivity contribution >= 4 is 47.6 Å². The van der Waals surface area contributed by atoms with Crippen molar-refractivity contribution < 1.29 is 28.4 Å². The van der Waals surface area contributed by atoms with E-state index in [9.17, 15) is 19.5 Å². The van der Waals surface area contributed by atoms with Gasteiger partial charge < -0.3 is 23.6 Å². The van der Waals surface area contributed by atoms with Crippen LogP contribution >= 0.6 is 29.8 Å². The third-order valence-corrected chi connectivity index (χ3v) is 8.24. The fourth-order valence-corrected chi connectivity index (χ4v) is 6.24. The number of benzene rings is 1. The highest BCUT2D eigenvalue weighted by Crippen LogP contribution is 2.49. The number of H-pyrrole nitrogens is 1. The van der Waals surface area contributed by atoms with E-state index in [4.69, 9.17) is 53.5 Å². The van der Waals surface area contributed by atoms with Gasteiger partial charge >= 0.3 is 18.3 Å². The van der Waals surface area contributed by atoms with Crippen molar-refractivity contribution in [1.82, 2.24) is 14.6 Å².